The van der Waals surface area contributed by atoms with Crippen molar-refractivity contribution < 1.29 is 12.8 Å². The van der Waals surface area contributed by atoms with Crippen molar-refractivity contribution in [2.75, 3.05) is 4.72 Å². The second-order valence-corrected chi connectivity index (χ2v) is 6.15. The van der Waals surface area contributed by atoms with Crippen molar-refractivity contribution in [3.8, 4) is 0 Å². The van der Waals surface area contributed by atoms with Crippen LogP contribution in [0.4, 0.5) is 10.1 Å². The van der Waals surface area contributed by atoms with E-state index in [-0.39, 0.29) is 10.6 Å². The number of hydrogen-bond acceptors (Lipinski definition) is 3. The zero-order chi connectivity index (χ0) is 14.9. The molecular formula is C13H16FN3O2S. The van der Waals surface area contributed by atoms with E-state index in [0.29, 0.717) is 17.8 Å². The van der Waals surface area contributed by atoms with Gasteiger partial charge in [0.1, 0.15) is 10.7 Å². The van der Waals surface area contributed by atoms with Crippen LogP contribution in [-0.2, 0) is 16.6 Å². The average Bonchev–Trinajstić information content (AvgIpc) is 2.76. The van der Waals surface area contributed by atoms with Gasteiger partial charge in [0.25, 0.3) is 10.0 Å². The van der Waals surface area contributed by atoms with Gasteiger partial charge in [-0.3, -0.25) is 9.40 Å². The highest BCUT2D eigenvalue weighted by Gasteiger charge is 2.21. The quantitative estimate of drug-likeness (QED) is 0.943. The first-order valence-electron chi connectivity index (χ1n) is 6.16. The molecule has 0 saturated carbocycles. The lowest BCUT2D eigenvalue weighted by molar-refractivity contribution is 0.600. The fraction of sp³-hybridized carbons (Fsp3) is 0.308. The molecule has 1 aromatic heterocycles. The van der Waals surface area contributed by atoms with Gasteiger partial charge in [0.2, 0.25) is 0 Å². The molecule has 108 valence electrons. The fourth-order valence-electron chi connectivity index (χ4n) is 1.83. The molecular weight excluding hydrogens is 281 g/mol. The Morgan fingerprint density at radius 1 is 1.35 bits per heavy atom. The maximum Gasteiger partial charge on any atom is 0.265 e. The van der Waals surface area contributed by atoms with Gasteiger partial charge in [-0.2, -0.15) is 5.10 Å². The first-order valence-corrected chi connectivity index (χ1v) is 7.65. The Morgan fingerprint density at radius 2 is 2.05 bits per heavy atom. The molecule has 0 unspecified atom stereocenters. The van der Waals surface area contributed by atoms with Crippen LogP contribution in [0.15, 0.2) is 29.3 Å². The van der Waals surface area contributed by atoms with Gasteiger partial charge in [-0.05, 0) is 38.5 Å². The van der Waals surface area contributed by atoms with Crippen LogP contribution in [0.3, 0.4) is 0 Å². The Hall–Kier alpha value is -1.89. The first-order chi connectivity index (χ1) is 9.33. The standard InChI is InChI=1S/C13H16FN3O2S/c1-4-17-8-13(10(3)15-17)20(18,19)16-12-7-11(14)6-5-9(12)2/h5-8,16H,4H2,1-3H3. The number of anilines is 1. The predicted molar refractivity (Wildman–Crippen MR) is 74.6 cm³/mol. The Labute approximate surface area is 117 Å². The normalized spacial score (nSPS) is 11.6. The van der Waals surface area contributed by atoms with Crippen molar-refractivity contribution in [1.82, 2.24) is 9.78 Å². The van der Waals surface area contributed by atoms with E-state index in [0.717, 1.165) is 6.07 Å². The number of halogens is 1. The lowest BCUT2D eigenvalue weighted by Gasteiger charge is -2.09. The number of aromatic nitrogens is 2. The molecule has 2 aromatic rings. The summed E-state index contributed by atoms with van der Waals surface area (Å²) >= 11 is 0. The SMILES string of the molecule is CCn1cc(S(=O)(=O)Nc2cc(F)ccc2C)c(C)n1. The second-order valence-electron chi connectivity index (χ2n) is 4.50. The van der Waals surface area contributed by atoms with Gasteiger partial charge in [0.05, 0.1) is 11.4 Å². The van der Waals surface area contributed by atoms with Crippen molar-refractivity contribution in [1.29, 1.82) is 0 Å². The minimum Gasteiger partial charge on any atom is -0.279 e. The van der Waals surface area contributed by atoms with E-state index in [4.69, 9.17) is 0 Å². The molecule has 0 amide bonds. The van der Waals surface area contributed by atoms with E-state index in [1.807, 2.05) is 6.92 Å². The summed E-state index contributed by atoms with van der Waals surface area (Å²) in [4.78, 5) is 0.100. The van der Waals surface area contributed by atoms with E-state index in [9.17, 15) is 12.8 Å². The molecule has 1 N–H and O–H groups in total. The summed E-state index contributed by atoms with van der Waals surface area (Å²) in [6.07, 6.45) is 1.46. The summed E-state index contributed by atoms with van der Waals surface area (Å²) < 4.78 is 41.8. The predicted octanol–water partition coefficient (Wildman–Crippen LogP) is 2.46. The number of aryl methyl sites for hydroxylation is 3. The van der Waals surface area contributed by atoms with Crippen molar-refractivity contribution in [3.63, 3.8) is 0 Å². The Kier molecular flexibility index (Phi) is 3.80. The van der Waals surface area contributed by atoms with E-state index in [1.54, 1.807) is 18.5 Å². The highest BCUT2D eigenvalue weighted by Crippen LogP contribution is 2.22. The molecule has 0 fully saturated rings. The van der Waals surface area contributed by atoms with Crippen LogP contribution in [-0.4, -0.2) is 18.2 Å². The third-order valence-corrected chi connectivity index (χ3v) is 4.43. The van der Waals surface area contributed by atoms with Crippen LogP contribution >= 0.6 is 0 Å². The number of hydrogen-bond donors (Lipinski definition) is 1. The van der Waals surface area contributed by atoms with Crippen molar-refractivity contribution in [3.05, 3.63) is 41.5 Å². The third-order valence-electron chi connectivity index (χ3n) is 2.96. The van der Waals surface area contributed by atoms with Crippen LogP contribution in [0.5, 0.6) is 0 Å². The zero-order valence-corrected chi connectivity index (χ0v) is 12.3. The van der Waals surface area contributed by atoms with Gasteiger partial charge in [-0.15, -0.1) is 0 Å². The average molecular weight is 297 g/mol. The summed E-state index contributed by atoms with van der Waals surface area (Å²) in [6, 6.07) is 3.97. The largest absolute Gasteiger partial charge is 0.279 e. The van der Waals surface area contributed by atoms with Crippen molar-refractivity contribution in [2.45, 2.75) is 32.2 Å². The van der Waals surface area contributed by atoms with Crippen LogP contribution in [0, 0.1) is 19.7 Å². The molecule has 0 aliphatic heterocycles. The molecule has 0 atom stereocenters. The lowest BCUT2D eigenvalue weighted by Crippen LogP contribution is -2.14. The maximum absolute atomic E-state index is 13.2. The molecule has 0 aliphatic carbocycles. The molecule has 2 rings (SSSR count). The van der Waals surface area contributed by atoms with E-state index in [2.05, 4.69) is 9.82 Å². The summed E-state index contributed by atoms with van der Waals surface area (Å²) in [5.74, 6) is -0.491. The first kappa shape index (κ1) is 14.5. The Balaban J connectivity index is 2.40. The molecule has 0 saturated heterocycles. The highest BCUT2D eigenvalue weighted by molar-refractivity contribution is 7.92. The van der Waals surface area contributed by atoms with Crippen LogP contribution in [0.2, 0.25) is 0 Å². The molecule has 1 heterocycles. The number of rotatable bonds is 4. The number of nitrogens with one attached hydrogen (secondary N) is 1. The zero-order valence-electron chi connectivity index (χ0n) is 11.5. The summed E-state index contributed by atoms with van der Waals surface area (Å²) in [5.41, 5.74) is 1.29. The van der Waals surface area contributed by atoms with Crippen molar-refractivity contribution in [2.24, 2.45) is 0 Å². The lowest BCUT2D eigenvalue weighted by atomic mass is 10.2. The molecule has 0 radical (unpaired) electrons. The van der Waals surface area contributed by atoms with Gasteiger partial charge in [0.15, 0.2) is 0 Å². The smallest absolute Gasteiger partial charge is 0.265 e. The van der Waals surface area contributed by atoms with Gasteiger partial charge >= 0.3 is 0 Å². The van der Waals surface area contributed by atoms with Gasteiger partial charge in [-0.1, -0.05) is 6.07 Å². The minimum atomic E-state index is -3.77. The summed E-state index contributed by atoms with van der Waals surface area (Å²) in [7, 11) is -3.77. The van der Waals surface area contributed by atoms with E-state index in [1.165, 1.54) is 18.3 Å². The number of nitrogens with zero attached hydrogens (tertiary/aromatic N) is 2. The second kappa shape index (κ2) is 5.24. The maximum atomic E-state index is 13.2. The van der Waals surface area contributed by atoms with Crippen LogP contribution in [0.25, 0.3) is 0 Å². The molecule has 7 heteroatoms. The summed E-state index contributed by atoms with van der Waals surface area (Å²) in [5, 5.41) is 4.10. The molecule has 5 nitrogen and oxygen atoms in total. The Morgan fingerprint density at radius 3 is 2.65 bits per heavy atom. The van der Waals surface area contributed by atoms with E-state index < -0.39 is 15.8 Å². The number of sulfonamides is 1. The third kappa shape index (κ3) is 2.82. The molecule has 0 spiro atoms. The molecule has 20 heavy (non-hydrogen) atoms. The molecule has 0 bridgehead atoms. The van der Waals surface area contributed by atoms with Crippen molar-refractivity contribution >= 4 is 15.7 Å². The van der Waals surface area contributed by atoms with Gasteiger partial charge in [0, 0.05) is 12.7 Å². The van der Waals surface area contributed by atoms with Gasteiger partial charge in [-0.25, -0.2) is 12.8 Å². The molecule has 1 aromatic carbocycles. The van der Waals surface area contributed by atoms with Gasteiger partial charge < -0.3 is 0 Å². The topological polar surface area (TPSA) is 64.0 Å². The minimum absolute atomic E-state index is 0.100. The monoisotopic (exact) mass is 297 g/mol. The summed E-state index contributed by atoms with van der Waals surface area (Å²) in [6.45, 7) is 5.78. The fourth-order valence-corrected chi connectivity index (χ4v) is 3.14. The molecule has 0 aliphatic rings. The Bertz CT molecular complexity index is 738. The van der Waals surface area contributed by atoms with Crippen LogP contribution in [0.1, 0.15) is 18.2 Å². The number of benzene rings is 1. The van der Waals surface area contributed by atoms with E-state index >= 15 is 0 Å². The highest BCUT2D eigenvalue weighted by atomic mass is 32.2. The van der Waals surface area contributed by atoms with Crippen LogP contribution < -0.4 is 4.72 Å².